The summed E-state index contributed by atoms with van der Waals surface area (Å²) in [5, 5.41) is 2.91. The molecule has 36 heavy (non-hydrogen) atoms. The van der Waals surface area contributed by atoms with E-state index in [0.29, 0.717) is 28.7 Å². The van der Waals surface area contributed by atoms with E-state index in [0.717, 1.165) is 0 Å². The topological polar surface area (TPSA) is 112 Å². The summed E-state index contributed by atoms with van der Waals surface area (Å²) < 4.78 is 73.9. The van der Waals surface area contributed by atoms with E-state index in [1.807, 2.05) is 0 Å². The predicted octanol–water partition coefficient (Wildman–Crippen LogP) is 4.23. The molecule has 0 unspecified atom stereocenters. The van der Waals surface area contributed by atoms with E-state index in [1.54, 1.807) is 24.3 Å². The second kappa shape index (κ2) is 9.54. The number of nitrogens with zero attached hydrogens (tertiary/aromatic N) is 3. The lowest BCUT2D eigenvalue weighted by Crippen LogP contribution is -2.51. The number of halogens is 4. The summed E-state index contributed by atoms with van der Waals surface area (Å²) in [6.45, 7) is 1.98. The highest BCUT2D eigenvalue weighted by atomic mass is 79.9. The van der Waals surface area contributed by atoms with Crippen LogP contribution in [0.3, 0.4) is 0 Å². The van der Waals surface area contributed by atoms with Gasteiger partial charge in [-0.05, 0) is 54.8 Å². The minimum absolute atomic E-state index is 0.00733. The number of amides is 1. The van der Waals surface area contributed by atoms with E-state index in [1.165, 1.54) is 24.5 Å². The fraction of sp³-hybridized carbons (Fsp3) is 0.409. The van der Waals surface area contributed by atoms with Crippen LogP contribution in [0.25, 0.3) is 5.65 Å². The van der Waals surface area contributed by atoms with Gasteiger partial charge in [0.05, 0.1) is 23.4 Å². The minimum atomic E-state index is -4.54. The Hall–Kier alpha value is -2.87. The summed E-state index contributed by atoms with van der Waals surface area (Å²) in [7, 11) is -3.09. The van der Waals surface area contributed by atoms with Crippen LogP contribution in [0.4, 0.5) is 13.2 Å². The standard InChI is InChI=1S/C22H22BrF3N4O5S/c1-13-18(19(31)29-21(2)5-7-36(32,33)8-6-21)28-17-4-3-15(11-30(13)17)35-20-16(9-14(23)10-27-20)34-12-22(24,25)26/h3-4,9-11H,5-8,12H2,1-2H3,(H,29,31). The molecular weight excluding hydrogens is 569 g/mol. The highest BCUT2D eigenvalue weighted by Crippen LogP contribution is 2.33. The Morgan fingerprint density at radius 2 is 1.97 bits per heavy atom. The average Bonchev–Trinajstić information content (AvgIpc) is 3.12. The van der Waals surface area contributed by atoms with Crippen LogP contribution in [0.2, 0.25) is 0 Å². The third-order valence-corrected chi connectivity index (χ3v) is 7.87. The van der Waals surface area contributed by atoms with E-state index in [2.05, 4.69) is 31.2 Å². The van der Waals surface area contributed by atoms with Crippen LogP contribution < -0.4 is 14.8 Å². The van der Waals surface area contributed by atoms with Gasteiger partial charge in [0, 0.05) is 22.3 Å². The van der Waals surface area contributed by atoms with Crippen molar-refractivity contribution in [1.29, 1.82) is 0 Å². The number of rotatable bonds is 6. The van der Waals surface area contributed by atoms with Crippen LogP contribution in [0, 0.1) is 6.92 Å². The van der Waals surface area contributed by atoms with Crippen molar-refractivity contribution < 1.29 is 35.9 Å². The zero-order valence-corrected chi connectivity index (χ0v) is 21.6. The number of imidazole rings is 1. The van der Waals surface area contributed by atoms with Crippen LogP contribution in [-0.2, 0) is 9.84 Å². The molecular formula is C22H22BrF3N4O5S. The molecule has 3 aromatic heterocycles. The maximum absolute atomic E-state index is 13.0. The average molecular weight is 591 g/mol. The van der Waals surface area contributed by atoms with E-state index >= 15 is 0 Å². The van der Waals surface area contributed by atoms with Crippen LogP contribution in [0.5, 0.6) is 17.4 Å². The fourth-order valence-corrected chi connectivity index (χ4v) is 5.76. The molecule has 1 N–H and O–H groups in total. The fourth-order valence-electron chi connectivity index (χ4n) is 3.72. The Labute approximate surface area is 213 Å². The van der Waals surface area contributed by atoms with Crippen molar-refractivity contribution in [2.75, 3.05) is 18.1 Å². The molecule has 0 spiro atoms. The second-order valence-corrected chi connectivity index (χ2v) is 12.0. The second-order valence-electron chi connectivity index (χ2n) is 8.77. The molecule has 14 heteroatoms. The van der Waals surface area contributed by atoms with Gasteiger partial charge in [0.2, 0.25) is 0 Å². The summed E-state index contributed by atoms with van der Waals surface area (Å²) in [4.78, 5) is 21.4. The number of hydrogen-bond acceptors (Lipinski definition) is 7. The van der Waals surface area contributed by atoms with Crippen molar-refractivity contribution in [2.45, 2.75) is 38.4 Å². The monoisotopic (exact) mass is 590 g/mol. The molecule has 1 aliphatic heterocycles. The molecule has 0 atom stereocenters. The molecule has 4 heterocycles. The van der Waals surface area contributed by atoms with E-state index in [9.17, 15) is 26.4 Å². The molecule has 0 aliphatic carbocycles. The smallest absolute Gasteiger partial charge is 0.422 e. The molecule has 194 valence electrons. The van der Waals surface area contributed by atoms with Gasteiger partial charge in [-0.15, -0.1) is 0 Å². The van der Waals surface area contributed by atoms with Crippen LogP contribution in [0.15, 0.2) is 35.1 Å². The number of carbonyl (C=O) groups is 1. The molecule has 0 saturated carbocycles. The van der Waals surface area contributed by atoms with Gasteiger partial charge < -0.3 is 14.8 Å². The number of hydrogen-bond donors (Lipinski definition) is 1. The Morgan fingerprint density at radius 1 is 1.28 bits per heavy atom. The van der Waals surface area contributed by atoms with Crippen molar-refractivity contribution in [1.82, 2.24) is 19.7 Å². The number of ether oxygens (including phenoxy) is 2. The summed E-state index contributed by atoms with van der Waals surface area (Å²) in [6, 6.07) is 4.44. The van der Waals surface area contributed by atoms with Gasteiger partial charge >= 0.3 is 6.18 Å². The molecule has 9 nitrogen and oxygen atoms in total. The number of aromatic nitrogens is 3. The van der Waals surface area contributed by atoms with E-state index in [4.69, 9.17) is 9.47 Å². The van der Waals surface area contributed by atoms with E-state index in [-0.39, 0.29) is 34.6 Å². The Kier molecular flexibility index (Phi) is 6.94. The van der Waals surface area contributed by atoms with Crippen LogP contribution in [-0.4, -0.2) is 58.5 Å². The Balaban J connectivity index is 1.55. The van der Waals surface area contributed by atoms with Gasteiger partial charge in [-0.1, -0.05) is 0 Å². The molecule has 1 fully saturated rings. The summed E-state index contributed by atoms with van der Waals surface area (Å²) in [5.74, 6) is -0.561. The first-order chi connectivity index (χ1) is 16.7. The van der Waals surface area contributed by atoms with Gasteiger partial charge in [0.25, 0.3) is 11.8 Å². The van der Waals surface area contributed by atoms with E-state index < -0.39 is 34.1 Å². The van der Waals surface area contributed by atoms with Gasteiger partial charge in [0.15, 0.2) is 12.4 Å². The van der Waals surface area contributed by atoms with Gasteiger partial charge in [-0.3, -0.25) is 9.20 Å². The molecule has 3 aromatic rings. The van der Waals surface area contributed by atoms with Gasteiger partial charge in [-0.25, -0.2) is 18.4 Å². The molecule has 1 amide bonds. The SMILES string of the molecule is Cc1c(C(=O)NC2(C)CCS(=O)(=O)CC2)nc2ccc(Oc3ncc(Br)cc3OCC(F)(F)F)cn12. The zero-order valence-electron chi connectivity index (χ0n) is 19.2. The van der Waals surface area contributed by atoms with Crippen molar-refractivity contribution >= 4 is 37.3 Å². The van der Waals surface area contributed by atoms with Crippen molar-refractivity contribution in [3.8, 4) is 17.4 Å². The number of nitrogens with one attached hydrogen (secondary N) is 1. The predicted molar refractivity (Wildman–Crippen MR) is 127 cm³/mol. The third-order valence-electron chi connectivity index (χ3n) is 5.78. The molecule has 0 bridgehead atoms. The van der Waals surface area contributed by atoms with Crippen molar-refractivity contribution in [3.63, 3.8) is 0 Å². The third kappa shape index (κ3) is 6.09. The zero-order chi connectivity index (χ0) is 26.3. The Morgan fingerprint density at radius 3 is 2.64 bits per heavy atom. The molecule has 0 aromatic carbocycles. The van der Waals surface area contributed by atoms with Crippen molar-refractivity contribution in [3.05, 3.63) is 46.5 Å². The maximum atomic E-state index is 13.0. The normalized spacial score (nSPS) is 17.1. The number of sulfone groups is 1. The molecule has 1 aliphatic rings. The first-order valence-corrected chi connectivity index (χ1v) is 13.4. The van der Waals surface area contributed by atoms with Gasteiger partial charge in [-0.2, -0.15) is 13.2 Å². The molecule has 0 radical (unpaired) electrons. The first kappa shape index (κ1) is 26.2. The number of carbonyl (C=O) groups excluding carboxylic acids is 1. The summed E-state index contributed by atoms with van der Waals surface area (Å²) in [6.07, 6.45) is -1.03. The number of alkyl halides is 3. The highest BCUT2D eigenvalue weighted by molar-refractivity contribution is 9.10. The van der Waals surface area contributed by atoms with Crippen LogP contribution >= 0.6 is 15.9 Å². The molecule has 4 rings (SSSR count). The first-order valence-electron chi connectivity index (χ1n) is 10.8. The lowest BCUT2D eigenvalue weighted by Gasteiger charge is -2.34. The maximum Gasteiger partial charge on any atom is 0.422 e. The largest absolute Gasteiger partial charge is 0.478 e. The summed E-state index contributed by atoms with van der Waals surface area (Å²) >= 11 is 3.15. The number of aryl methyl sites for hydroxylation is 1. The van der Waals surface area contributed by atoms with Crippen LogP contribution in [0.1, 0.15) is 35.9 Å². The number of pyridine rings is 2. The quantitative estimate of drug-likeness (QED) is 0.457. The highest BCUT2D eigenvalue weighted by Gasteiger charge is 2.35. The number of fused-ring (bicyclic) bond motifs is 1. The minimum Gasteiger partial charge on any atom is -0.478 e. The summed E-state index contributed by atoms with van der Waals surface area (Å²) in [5.41, 5.74) is 0.438. The van der Waals surface area contributed by atoms with Crippen molar-refractivity contribution in [2.24, 2.45) is 0 Å². The Bertz CT molecular complexity index is 1410. The lowest BCUT2D eigenvalue weighted by atomic mass is 9.94. The lowest BCUT2D eigenvalue weighted by molar-refractivity contribution is -0.153. The molecule has 1 saturated heterocycles. The van der Waals surface area contributed by atoms with Gasteiger partial charge in [0.1, 0.15) is 26.9 Å².